The van der Waals surface area contributed by atoms with Crippen LogP contribution in [0, 0.1) is 12.3 Å². The Bertz CT molecular complexity index is 791. The first-order valence-electron chi connectivity index (χ1n) is 6.02. The summed E-state index contributed by atoms with van der Waals surface area (Å²) in [5.74, 6) is 1.32. The number of alkyl halides is 3. The number of primary amides is 1. The van der Waals surface area contributed by atoms with Gasteiger partial charge in [0.15, 0.2) is 0 Å². The highest BCUT2D eigenvalue weighted by atomic mass is 35.5. The number of carbonyl (C=O) groups excluding carboxylic acids is 1. The maximum Gasteiger partial charge on any atom is 0.417 e. The van der Waals surface area contributed by atoms with Crippen LogP contribution < -0.4 is 5.73 Å². The fourth-order valence-electron chi connectivity index (χ4n) is 2.10. The molecule has 2 N–H and O–H groups in total. The maximum absolute atomic E-state index is 13.2. The lowest BCUT2D eigenvalue weighted by atomic mass is 9.92. The molecule has 22 heavy (non-hydrogen) atoms. The molecule has 0 spiro atoms. The Kier molecular flexibility index (Phi) is 4.16. The van der Waals surface area contributed by atoms with Crippen LogP contribution in [-0.2, 0) is 6.18 Å². The van der Waals surface area contributed by atoms with Gasteiger partial charge in [0, 0.05) is 16.7 Å². The van der Waals surface area contributed by atoms with E-state index in [4.69, 9.17) is 23.8 Å². The molecule has 0 aliphatic heterocycles. The van der Waals surface area contributed by atoms with Crippen LogP contribution in [0.3, 0.4) is 0 Å². The first kappa shape index (κ1) is 15.9. The van der Waals surface area contributed by atoms with Crippen molar-refractivity contribution in [2.45, 2.75) is 6.18 Å². The molecule has 0 aromatic heterocycles. The van der Waals surface area contributed by atoms with E-state index >= 15 is 0 Å². The van der Waals surface area contributed by atoms with E-state index in [9.17, 15) is 18.0 Å². The summed E-state index contributed by atoms with van der Waals surface area (Å²) < 4.78 is 39.7. The molecule has 2 aromatic carbocycles. The van der Waals surface area contributed by atoms with Crippen LogP contribution in [0.5, 0.6) is 0 Å². The van der Waals surface area contributed by atoms with Gasteiger partial charge in [-0.15, -0.1) is 6.42 Å². The molecule has 0 bridgehead atoms. The molecule has 2 rings (SSSR count). The van der Waals surface area contributed by atoms with E-state index in [1.165, 1.54) is 24.3 Å². The van der Waals surface area contributed by atoms with Gasteiger partial charge in [-0.05, 0) is 29.8 Å². The molecule has 0 saturated carbocycles. The average Bonchev–Trinajstić information content (AvgIpc) is 2.46. The number of amides is 1. The van der Waals surface area contributed by atoms with Crippen molar-refractivity contribution in [1.29, 1.82) is 0 Å². The van der Waals surface area contributed by atoms with Crippen LogP contribution in [0.2, 0.25) is 5.02 Å². The monoisotopic (exact) mass is 323 g/mol. The third-order valence-corrected chi connectivity index (χ3v) is 3.38. The van der Waals surface area contributed by atoms with Crippen LogP contribution in [0.15, 0.2) is 36.4 Å². The zero-order chi connectivity index (χ0) is 16.5. The van der Waals surface area contributed by atoms with Gasteiger partial charge < -0.3 is 5.73 Å². The van der Waals surface area contributed by atoms with Crippen LogP contribution >= 0.6 is 11.6 Å². The summed E-state index contributed by atoms with van der Waals surface area (Å²) in [7, 11) is 0. The van der Waals surface area contributed by atoms with Crippen LogP contribution in [0.4, 0.5) is 13.2 Å². The highest BCUT2D eigenvalue weighted by Gasteiger charge is 2.35. The topological polar surface area (TPSA) is 43.1 Å². The molecule has 2 nitrogen and oxygen atoms in total. The molecule has 2 aromatic rings. The quantitative estimate of drug-likeness (QED) is 0.831. The highest BCUT2D eigenvalue weighted by Crippen LogP contribution is 2.39. The normalized spacial score (nSPS) is 11.0. The number of terminal acetylenes is 1. The minimum atomic E-state index is -4.64. The second-order valence-electron chi connectivity index (χ2n) is 4.43. The van der Waals surface area contributed by atoms with E-state index in [1.807, 2.05) is 0 Å². The number of rotatable bonds is 2. The van der Waals surface area contributed by atoms with Gasteiger partial charge in [0.25, 0.3) is 0 Å². The minimum Gasteiger partial charge on any atom is -0.366 e. The van der Waals surface area contributed by atoms with Crippen LogP contribution in [0.1, 0.15) is 21.5 Å². The number of nitrogens with two attached hydrogens (primary N) is 1. The summed E-state index contributed by atoms with van der Waals surface area (Å²) in [6, 6.07) is 7.30. The van der Waals surface area contributed by atoms with E-state index in [-0.39, 0.29) is 27.3 Å². The third-order valence-electron chi connectivity index (χ3n) is 3.05. The molecule has 0 radical (unpaired) electrons. The Hall–Kier alpha value is -2.45. The molecule has 0 heterocycles. The average molecular weight is 324 g/mol. The standard InChI is InChI=1S/C16H9ClF3NO/c1-2-9-8-10(6-7-13(9)17)14-11(15(21)22)4-3-5-12(14)16(18,19)20/h1,3-8H,(H2,21,22). The molecule has 6 heteroatoms. The Morgan fingerprint density at radius 1 is 1.23 bits per heavy atom. The van der Waals surface area contributed by atoms with Gasteiger partial charge in [0.2, 0.25) is 5.91 Å². The summed E-state index contributed by atoms with van der Waals surface area (Å²) in [5, 5.41) is 0.233. The molecular weight excluding hydrogens is 315 g/mol. The molecule has 0 unspecified atom stereocenters. The molecule has 0 aliphatic carbocycles. The van der Waals surface area contributed by atoms with Gasteiger partial charge in [-0.1, -0.05) is 29.7 Å². The van der Waals surface area contributed by atoms with Crippen molar-refractivity contribution in [3.63, 3.8) is 0 Å². The van der Waals surface area contributed by atoms with Gasteiger partial charge in [-0.3, -0.25) is 4.79 Å². The Balaban J connectivity index is 2.83. The van der Waals surface area contributed by atoms with Crippen molar-refractivity contribution in [3.05, 3.63) is 58.1 Å². The SMILES string of the molecule is C#Cc1cc(-c2c(C(N)=O)cccc2C(F)(F)F)ccc1Cl. The highest BCUT2D eigenvalue weighted by molar-refractivity contribution is 6.31. The van der Waals surface area contributed by atoms with Gasteiger partial charge in [0.1, 0.15) is 0 Å². The predicted octanol–water partition coefficient (Wildman–Crippen LogP) is 4.11. The second kappa shape index (κ2) is 5.74. The molecular formula is C16H9ClF3NO. The van der Waals surface area contributed by atoms with Crippen LogP contribution in [0.25, 0.3) is 11.1 Å². The third kappa shape index (κ3) is 2.92. The Morgan fingerprint density at radius 2 is 1.91 bits per heavy atom. The fraction of sp³-hybridized carbons (Fsp3) is 0.0625. The summed E-state index contributed by atoms with van der Waals surface area (Å²) in [6.07, 6.45) is 0.629. The first-order chi connectivity index (χ1) is 10.3. The number of carbonyl (C=O) groups is 1. The molecule has 0 aliphatic rings. The van der Waals surface area contributed by atoms with E-state index in [2.05, 4.69) is 5.92 Å². The van der Waals surface area contributed by atoms with Gasteiger partial charge in [0.05, 0.1) is 10.6 Å². The van der Waals surface area contributed by atoms with Gasteiger partial charge in [-0.2, -0.15) is 13.2 Å². The van der Waals surface area contributed by atoms with Crippen molar-refractivity contribution in [2.24, 2.45) is 5.73 Å². The number of benzene rings is 2. The van der Waals surface area contributed by atoms with E-state index in [1.54, 1.807) is 0 Å². The number of hydrogen-bond donors (Lipinski definition) is 1. The summed E-state index contributed by atoms with van der Waals surface area (Å²) >= 11 is 5.86. The fourth-order valence-corrected chi connectivity index (χ4v) is 2.27. The Labute approximate surface area is 129 Å². The van der Waals surface area contributed by atoms with E-state index in [0.29, 0.717) is 0 Å². The lowest BCUT2D eigenvalue weighted by molar-refractivity contribution is -0.137. The smallest absolute Gasteiger partial charge is 0.366 e. The summed E-state index contributed by atoms with van der Waals surface area (Å²) in [5.41, 5.74) is 4.03. The van der Waals surface area contributed by atoms with Crippen molar-refractivity contribution < 1.29 is 18.0 Å². The zero-order valence-electron chi connectivity index (χ0n) is 11.0. The molecule has 0 saturated heterocycles. The van der Waals surface area contributed by atoms with Crippen molar-refractivity contribution in [1.82, 2.24) is 0 Å². The van der Waals surface area contributed by atoms with E-state index < -0.39 is 17.6 Å². The van der Waals surface area contributed by atoms with E-state index in [0.717, 1.165) is 12.1 Å². The largest absolute Gasteiger partial charge is 0.417 e. The first-order valence-corrected chi connectivity index (χ1v) is 6.40. The van der Waals surface area contributed by atoms with Gasteiger partial charge >= 0.3 is 6.18 Å². The molecule has 0 fully saturated rings. The van der Waals surface area contributed by atoms with Crippen molar-refractivity contribution in [3.8, 4) is 23.5 Å². The van der Waals surface area contributed by atoms with Crippen molar-refractivity contribution >= 4 is 17.5 Å². The van der Waals surface area contributed by atoms with Gasteiger partial charge in [-0.25, -0.2) is 0 Å². The lowest BCUT2D eigenvalue weighted by Gasteiger charge is -2.16. The lowest BCUT2D eigenvalue weighted by Crippen LogP contribution is -2.16. The maximum atomic E-state index is 13.2. The van der Waals surface area contributed by atoms with Crippen molar-refractivity contribution in [2.75, 3.05) is 0 Å². The Morgan fingerprint density at radius 3 is 2.45 bits per heavy atom. The second-order valence-corrected chi connectivity index (χ2v) is 4.84. The number of halogens is 4. The molecule has 112 valence electrons. The summed E-state index contributed by atoms with van der Waals surface area (Å²) in [6.45, 7) is 0. The minimum absolute atomic E-state index is 0.124. The van der Waals surface area contributed by atoms with Crippen LogP contribution in [-0.4, -0.2) is 5.91 Å². The molecule has 1 amide bonds. The zero-order valence-corrected chi connectivity index (χ0v) is 11.8. The number of hydrogen-bond acceptors (Lipinski definition) is 1. The summed E-state index contributed by atoms with van der Waals surface area (Å²) in [4.78, 5) is 11.5. The molecule has 0 atom stereocenters. The predicted molar refractivity (Wildman–Crippen MR) is 78.3 cm³/mol.